The predicted octanol–water partition coefficient (Wildman–Crippen LogP) is 2.60. The lowest BCUT2D eigenvalue weighted by Crippen LogP contribution is -2.49. The molecule has 7 heteroatoms. The highest BCUT2D eigenvalue weighted by Gasteiger charge is 2.29. The molecule has 2 aromatic carbocycles. The van der Waals surface area contributed by atoms with E-state index >= 15 is 0 Å². The molecule has 0 spiro atoms. The Labute approximate surface area is 169 Å². The third kappa shape index (κ3) is 5.05. The average Bonchev–Trinajstić information content (AvgIpc) is 2.71. The van der Waals surface area contributed by atoms with Crippen LogP contribution in [0.4, 0.5) is 10.1 Å². The number of amides is 1. The number of ether oxygens (including phenoxy) is 2. The lowest BCUT2D eigenvalue weighted by molar-refractivity contribution is -0.116. The Balaban J connectivity index is 1.25. The molecule has 1 saturated heterocycles. The number of likely N-dealkylation sites (tertiary alicyclic amines) is 1. The molecular formula is C22H25FN2O4. The normalized spacial score (nSPS) is 21.9. The lowest BCUT2D eigenvalue weighted by Gasteiger charge is -2.36. The minimum atomic E-state index is -0.592. The molecule has 0 bridgehead atoms. The molecule has 2 aromatic rings. The molecule has 2 N–H and O–H groups in total. The fourth-order valence-electron chi connectivity index (χ4n) is 3.75. The number of carbonyl (C=O) groups excluding carboxylic acids is 1. The van der Waals surface area contributed by atoms with Crippen molar-refractivity contribution < 1.29 is 23.8 Å². The Morgan fingerprint density at radius 3 is 2.72 bits per heavy atom. The molecule has 0 unspecified atom stereocenters. The molecule has 4 rings (SSSR count). The maximum atomic E-state index is 12.9. The molecule has 154 valence electrons. The van der Waals surface area contributed by atoms with E-state index in [1.54, 1.807) is 12.1 Å². The number of β-amino-alcohol motifs (C(OH)–C–C–N with tert-alkyl or cyclic N) is 1. The Morgan fingerprint density at radius 2 is 1.93 bits per heavy atom. The second kappa shape index (κ2) is 8.80. The second-order valence-corrected chi connectivity index (χ2v) is 7.48. The van der Waals surface area contributed by atoms with E-state index in [1.807, 2.05) is 18.2 Å². The molecule has 1 amide bonds. The first-order valence-corrected chi connectivity index (χ1v) is 9.95. The zero-order chi connectivity index (χ0) is 20.2. The number of hydrogen-bond donors (Lipinski definition) is 2. The van der Waals surface area contributed by atoms with E-state index in [9.17, 15) is 14.3 Å². The summed E-state index contributed by atoms with van der Waals surface area (Å²) in [5.74, 6) is 1.11. The van der Waals surface area contributed by atoms with E-state index in [0.29, 0.717) is 44.7 Å². The van der Waals surface area contributed by atoms with Gasteiger partial charge in [-0.05, 0) is 60.9 Å². The minimum Gasteiger partial charge on any atom is -0.492 e. The van der Waals surface area contributed by atoms with E-state index in [1.165, 1.54) is 12.1 Å². The zero-order valence-corrected chi connectivity index (χ0v) is 16.1. The number of anilines is 1. The standard InChI is InChI=1S/C22H25FN2O4/c23-16-2-4-17(5-3-16)28-12-11-25-10-9-21(20(26)14-25)29-18-6-7-19-15(13-18)1-8-22(27)24-19/h2-7,13,20-21,26H,1,8-12,14H2,(H,24,27)/t20-,21-/m1/s1. The van der Waals surface area contributed by atoms with Crippen LogP contribution in [0.1, 0.15) is 18.4 Å². The van der Waals surface area contributed by atoms with Crippen LogP contribution in [-0.2, 0) is 11.2 Å². The molecule has 0 aromatic heterocycles. The third-order valence-electron chi connectivity index (χ3n) is 5.35. The summed E-state index contributed by atoms with van der Waals surface area (Å²) < 4.78 is 24.6. The highest BCUT2D eigenvalue weighted by Crippen LogP contribution is 2.28. The van der Waals surface area contributed by atoms with Gasteiger partial charge in [-0.15, -0.1) is 0 Å². The summed E-state index contributed by atoms with van der Waals surface area (Å²) in [7, 11) is 0. The Kier molecular flexibility index (Phi) is 5.97. The Hall–Kier alpha value is -2.64. The molecule has 1 fully saturated rings. The quantitative estimate of drug-likeness (QED) is 0.780. The van der Waals surface area contributed by atoms with Gasteiger partial charge in [0.2, 0.25) is 5.91 Å². The van der Waals surface area contributed by atoms with Crippen molar-refractivity contribution in [1.82, 2.24) is 4.90 Å². The molecule has 0 radical (unpaired) electrons. The first kappa shape index (κ1) is 19.7. The number of benzene rings is 2. The van der Waals surface area contributed by atoms with Crippen LogP contribution in [0.2, 0.25) is 0 Å². The van der Waals surface area contributed by atoms with Crippen LogP contribution < -0.4 is 14.8 Å². The van der Waals surface area contributed by atoms with Crippen LogP contribution in [0.5, 0.6) is 11.5 Å². The third-order valence-corrected chi connectivity index (χ3v) is 5.35. The largest absolute Gasteiger partial charge is 0.492 e. The molecular weight excluding hydrogens is 375 g/mol. The zero-order valence-electron chi connectivity index (χ0n) is 16.1. The summed E-state index contributed by atoms with van der Waals surface area (Å²) in [5, 5.41) is 13.4. The van der Waals surface area contributed by atoms with Crippen molar-refractivity contribution in [1.29, 1.82) is 0 Å². The first-order valence-electron chi connectivity index (χ1n) is 9.95. The van der Waals surface area contributed by atoms with Crippen molar-refractivity contribution in [3.63, 3.8) is 0 Å². The van der Waals surface area contributed by atoms with Crippen LogP contribution in [-0.4, -0.2) is 54.4 Å². The Bertz CT molecular complexity index is 858. The van der Waals surface area contributed by atoms with Gasteiger partial charge < -0.3 is 19.9 Å². The number of nitrogens with one attached hydrogen (secondary N) is 1. The van der Waals surface area contributed by atoms with Crippen LogP contribution >= 0.6 is 0 Å². The number of piperidine rings is 1. The molecule has 0 aliphatic carbocycles. The van der Waals surface area contributed by atoms with Gasteiger partial charge in [-0.25, -0.2) is 4.39 Å². The van der Waals surface area contributed by atoms with Gasteiger partial charge >= 0.3 is 0 Å². The van der Waals surface area contributed by atoms with Crippen LogP contribution in [0.3, 0.4) is 0 Å². The van der Waals surface area contributed by atoms with E-state index < -0.39 is 6.10 Å². The van der Waals surface area contributed by atoms with Gasteiger partial charge in [0.05, 0.1) is 0 Å². The second-order valence-electron chi connectivity index (χ2n) is 7.48. The number of carbonyl (C=O) groups is 1. The van der Waals surface area contributed by atoms with Gasteiger partial charge in [0.15, 0.2) is 0 Å². The summed E-state index contributed by atoms with van der Waals surface area (Å²) in [5.41, 5.74) is 1.90. The fraction of sp³-hybridized carbons (Fsp3) is 0.409. The van der Waals surface area contributed by atoms with Crippen molar-refractivity contribution in [3.05, 3.63) is 53.8 Å². The van der Waals surface area contributed by atoms with E-state index in [-0.39, 0.29) is 17.8 Å². The highest BCUT2D eigenvalue weighted by molar-refractivity contribution is 5.93. The highest BCUT2D eigenvalue weighted by atomic mass is 19.1. The Morgan fingerprint density at radius 1 is 1.14 bits per heavy atom. The summed E-state index contributed by atoms with van der Waals surface area (Å²) in [6.45, 7) is 2.47. The van der Waals surface area contributed by atoms with Gasteiger partial charge in [-0.3, -0.25) is 9.69 Å². The summed E-state index contributed by atoms with van der Waals surface area (Å²) in [6.07, 6.45) is 1.04. The smallest absolute Gasteiger partial charge is 0.224 e. The number of aryl methyl sites for hydroxylation is 1. The molecule has 0 saturated carbocycles. The van der Waals surface area contributed by atoms with Crippen molar-refractivity contribution >= 4 is 11.6 Å². The van der Waals surface area contributed by atoms with Gasteiger partial charge in [-0.1, -0.05) is 0 Å². The predicted molar refractivity (Wildman–Crippen MR) is 107 cm³/mol. The molecule has 2 heterocycles. The van der Waals surface area contributed by atoms with Crippen LogP contribution in [0, 0.1) is 5.82 Å². The molecule has 29 heavy (non-hydrogen) atoms. The van der Waals surface area contributed by atoms with Gasteiger partial charge in [0.25, 0.3) is 0 Å². The van der Waals surface area contributed by atoms with Crippen molar-refractivity contribution in [2.24, 2.45) is 0 Å². The average molecular weight is 400 g/mol. The van der Waals surface area contributed by atoms with E-state index in [2.05, 4.69) is 10.2 Å². The van der Waals surface area contributed by atoms with Gasteiger partial charge in [0.1, 0.15) is 36.1 Å². The maximum absolute atomic E-state index is 12.9. The number of halogens is 1. The SMILES string of the molecule is O=C1CCc2cc(O[C@@H]3CCN(CCOc4ccc(F)cc4)C[C@H]3O)ccc2N1. The van der Waals surface area contributed by atoms with Crippen LogP contribution in [0.25, 0.3) is 0 Å². The number of fused-ring (bicyclic) bond motifs is 1. The topological polar surface area (TPSA) is 71.0 Å². The van der Waals surface area contributed by atoms with E-state index in [4.69, 9.17) is 9.47 Å². The van der Waals surface area contributed by atoms with Gasteiger partial charge in [-0.2, -0.15) is 0 Å². The molecule has 2 aliphatic rings. The number of hydrogen-bond acceptors (Lipinski definition) is 5. The monoisotopic (exact) mass is 400 g/mol. The summed E-state index contributed by atoms with van der Waals surface area (Å²) in [4.78, 5) is 13.6. The summed E-state index contributed by atoms with van der Waals surface area (Å²) in [6, 6.07) is 11.6. The summed E-state index contributed by atoms with van der Waals surface area (Å²) >= 11 is 0. The fourth-order valence-corrected chi connectivity index (χ4v) is 3.75. The lowest BCUT2D eigenvalue weighted by atomic mass is 10.0. The maximum Gasteiger partial charge on any atom is 0.224 e. The van der Waals surface area contributed by atoms with Crippen molar-refractivity contribution in [2.45, 2.75) is 31.5 Å². The first-order chi connectivity index (χ1) is 14.1. The number of nitrogens with zero attached hydrogens (tertiary/aromatic N) is 1. The van der Waals surface area contributed by atoms with E-state index in [0.717, 1.165) is 23.5 Å². The van der Waals surface area contributed by atoms with Crippen molar-refractivity contribution in [3.8, 4) is 11.5 Å². The number of rotatable bonds is 6. The molecule has 2 atom stereocenters. The van der Waals surface area contributed by atoms with Gasteiger partial charge in [0, 0.05) is 31.7 Å². The molecule has 6 nitrogen and oxygen atoms in total. The van der Waals surface area contributed by atoms with Crippen LogP contribution in [0.15, 0.2) is 42.5 Å². The minimum absolute atomic E-state index is 0.0392. The molecule has 2 aliphatic heterocycles. The number of aliphatic hydroxyl groups is 1. The van der Waals surface area contributed by atoms with Crippen molar-refractivity contribution in [2.75, 3.05) is 31.6 Å². The number of aliphatic hydroxyl groups excluding tert-OH is 1.